The lowest BCUT2D eigenvalue weighted by atomic mass is 9.77. The number of phenolic OH excluding ortho intramolecular Hbond substituents is 1. The lowest BCUT2D eigenvalue weighted by Gasteiger charge is -2.41. The quantitative estimate of drug-likeness (QED) is 0.180. The van der Waals surface area contributed by atoms with Crippen LogP contribution in [0.4, 0.5) is 4.79 Å². The van der Waals surface area contributed by atoms with Crippen molar-refractivity contribution in [2.45, 2.75) is 50.7 Å². The normalized spacial score (nSPS) is 12.2. The number of phenols is 1. The van der Waals surface area contributed by atoms with Crippen LogP contribution < -0.4 is 5.32 Å². The molecule has 0 radical (unpaired) electrons. The molecular formula is C37H41N3O5. The molecule has 0 aliphatic heterocycles. The Labute approximate surface area is 264 Å². The van der Waals surface area contributed by atoms with Crippen molar-refractivity contribution in [2.24, 2.45) is 0 Å². The predicted molar refractivity (Wildman–Crippen MR) is 175 cm³/mol. The third-order valence-electron chi connectivity index (χ3n) is 7.90. The fourth-order valence-corrected chi connectivity index (χ4v) is 5.72. The largest absolute Gasteiger partial charge is 0.508 e. The zero-order valence-electron chi connectivity index (χ0n) is 26.2. The number of amides is 3. The number of rotatable bonds is 11. The van der Waals surface area contributed by atoms with Gasteiger partial charge in [0.1, 0.15) is 17.3 Å². The van der Waals surface area contributed by atoms with Gasteiger partial charge in [0.2, 0.25) is 11.8 Å². The minimum atomic E-state index is -1.29. The van der Waals surface area contributed by atoms with Crippen molar-refractivity contribution in [3.05, 3.63) is 138 Å². The fraction of sp³-hybridized carbons (Fsp3) is 0.270. The van der Waals surface area contributed by atoms with Crippen LogP contribution in [0.3, 0.4) is 0 Å². The first-order chi connectivity index (χ1) is 21.4. The second-order valence-electron chi connectivity index (χ2n) is 12.1. The Morgan fingerprint density at radius 2 is 1.18 bits per heavy atom. The molecule has 1 atom stereocenters. The van der Waals surface area contributed by atoms with Crippen LogP contribution in [0.1, 0.15) is 49.4 Å². The van der Waals surface area contributed by atoms with Gasteiger partial charge in [-0.15, -0.1) is 0 Å². The monoisotopic (exact) mass is 607 g/mol. The first-order valence-corrected chi connectivity index (χ1v) is 15.0. The minimum Gasteiger partial charge on any atom is -0.508 e. The van der Waals surface area contributed by atoms with E-state index in [4.69, 9.17) is 0 Å². The van der Waals surface area contributed by atoms with Crippen LogP contribution in [0.25, 0.3) is 0 Å². The highest BCUT2D eigenvalue weighted by Gasteiger charge is 2.43. The van der Waals surface area contributed by atoms with E-state index in [9.17, 15) is 24.6 Å². The van der Waals surface area contributed by atoms with Crippen LogP contribution in [0.15, 0.2) is 115 Å². The average Bonchev–Trinajstić information content (AvgIpc) is 3.03. The molecule has 8 heteroatoms. The number of likely N-dealkylation sites (N-methyl/N-ethyl adjacent to an activating group) is 1. The second-order valence-corrected chi connectivity index (χ2v) is 12.1. The summed E-state index contributed by atoms with van der Waals surface area (Å²) in [6.07, 6.45) is -1.19. The number of carbonyl (C=O) groups is 3. The van der Waals surface area contributed by atoms with Crippen molar-refractivity contribution in [2.75, 3.05) is 13.6 Å². The van der Waals surface area contributed by atoms with Gasteiger partial charge in [0.05, 0.1) is 6.42 Å². The molecule has 0 aromatic heterocycles. The summed E-state index contributed by atoms with van der Waals surface area (Å²) in [5.41, 5.74) is 1.27. The Morgan fingerprint density at radius 3 is 1.58 bits per heavy atom. The number of benzene rings is 4. The SMILES string of the molecule is CN(CCc1ccc(O)cc1)C(=O)[C@@H](CC(=O)NC(c1ccccc1)(c1ccccc1)c1ccccc1)N(C(=O)O)C(C)(C)C. The summed E-state index contributed by atoms with van der Waals surface area (Å²) in [7, 11) is 1.61. The van der Waals surface area contributed by atoms with Gasteiger partial charge in [-0.1, -0.05) is 103 Å². The number of carbonyl (C=O) groups excluding carboxylic acids is 2. The molecule has 3 N–H and O–H groups in total. The summed E-state index contributed by atoms with van der Waals surface area (Å²) in [4.78, 5) is 43.5. The van der Waals surface area contributed by atoms with E-state index in [-0.39, 0.29) is 12.2 Å². The highest BCUT2D eigenvalue weighted by atomic mass is 16.4. The summed E-state index contributed by atoms with van der Waals surface area (Å²) in [6.45, 7) is 5.41. The molecule has 45 heavy (non-hydrogen) atoms. The Balaban J connectivity index is 1.72. The summed E-state index contributed by atoms with van der Waals surface area (Å²) in [6, 6.07) is 34.2. The summed E-state index contributed by atoms with van der Waals surface area (Å²) in [5.74, 6) is -0.813. The molecule has 0 saturated heterocycles. The zero-order valence-corrected chi connectivity index (χ0v) is 26.2. The molecule has 8 nitrogen and oxygen atoms in total. The third kappa shape index (κ3) is 7.70. The summed E-state index contributed by atoms with van der Waals surface area (Å²) in [5, 5.41) is 23.2. The molecule has 234 valence electrons. The van der Waals surface area contributed by atoms with E-state index >= 15 is 0 Å². The molecule has 0 saturated carbocycles. The number of carboxylic acid groups (broad SMARTS) is 1. The molecule has 0 bridgehead atoms. The number of hydrogen-bond donors (Lipinski definition) is 3. The van der Waals surface area contributed by atoms with E-state index < -0.39 is 35.0 Å². The highest BCUT2D eigenvalue weighted by molar-refractivity contribution is 5.91. The fourth-order valence-electron chi connectivity index (χ4n) is 5.72. The highest BCUT2D eigenvalue weighted by Crippen LogP contribution is 2.37. The molecule has 3 amide bonds. The van der Waals surface area contributed by atoms with Crippen molar-refractivity contribution in [1.29, 1.82) is 0 Å². The van der Waals surface area contributed by atoms with E-state index in [2.05, 4.69) is 5.32 Å². The van der Waals surface area contributed by atoms with Crippen LogP contribution >= 0.6 is 0 Å². The van der Waals surface area contributed by atoms with Gasteiger partial charge < -0.3 is 20.4 Å². The van der Waals surface area contributed by atoms with Crippen molar-refractivity contribution in [3.8, 4) is 5.75 Å². The molecule has 4 rings (SSSR count). The lowest BCUT2D eigenvalue weighted by Crippen LogP contribution is -2.59. The topological polar surface area (TPSA) is 110 Å². The molecule has 0 spiro atoms. The standard InChI is InChI=1S/C37H41N3O5/c1-36(2,3)40(35(44)45)32(34(43)39(4)25-24-27-20-22-31(41)23-21-27)26-33(42)38-37(28-14-8-5-9-15-28,29-16-10-6-11-17-29)30-18-12-7-13-19-30/h5-23,32,41H,24-26H2,1-4H3,(H,38,42)(H,44,45)/t32-/m1/s1. The second kappa shape index (κ2) is 14.1. The van der Waals surface area contributed by atoms with Gasteiger partial charge in [-0.05, 0) is 61.6 Å². The smallest absolute Gasteiger partial charge is 0.408 e. The van der Waals surface area contributed by atoms with Crippen molar-refractivity contribution >= 4 is 17.9 Å². The maximum absolute atomic E-state index is 14.3. The van der Waals surface area contributed by atoms with E-state index in [1.807, 2.05) is 91.0 Å². The minimum absolute atomic E-state index is 0.147. The van der Waals surface area contributed by atoms with Gasteiger partial charge >= 0.3 is 6.09 Å². The van der Waals surface area contributed by atoms with Crippen molar-refractivity contribution < 1.29 is 24.6 Å². The van der Waals surface area contributed by atoms with Gasteiger partial charge in [-0.3, -0.25) is 14.5 Å². The van der Waals surface area contributed by atoms with Crippen LogP contribution in [-0.2, 0) is 21.5 Å². The van der Waals surface area contributed by atoms with Gasteiger partial charge in [0, 0.05) is 19.1 Å². The molecular weight excluding hydrogens is 566 g/mol. The van der Waals surface area contributed by atoms with Crippen molar-refractivity contribution in [3.63, 3.8) is 0 Å². The predicted octanol–water partition coefficient (Wildman–Crippen LogP) is 6.04. The maximum atomic E-state index is 14.3. The van der Waals surface area contributed by atoms with E-state index in [0.29, 0.717) is 13.0 Å². The lowest BCUT2D eigenvalue weighted by molar-refractivity contribution is -0.140. The van der Waals surface area contributed by atoms with Gasteiger partial charge in [-0.25, -0.2) is 4.79 Å². The first kappa shape index (κ1) is 32.8. The Hall–Kier alpha value is -5.11. The average molecular weight is 608 g/mol. The maximum Gasteiger partial charge on any atom is 0.408 e. The molecule has 0 unspecified atom stereocenters. The van der Waals surface area contributed by atoms with E-state index in [1.54, 1.807) is 52.1 Å². The number of nitrogens with zero attached hydrogens (tertiary/aromatic N) is 2. The number of hydrogen-bond acceptors (Lipinski definition) is 4. The molecule has 4 aromatic rings. The van der Waals surface area contributed by atoms with Gasteiger partial charge in [-0.2, -0.15) is 0 Å². The number of aromatic hydroxyl groups is 1. The van der Waals surface area contributed by atoms with Crippen molar-refractivity contribution in [1.82, 2.24) is 15.1 Å². The van der Waals surface area contributed by atoms with Crippen LogP contribution in [0.2, 0.25) is 0 Å². The summed E-state index contributed by atoms with van der Waals surface area (Å²) < 4.78 is 0. The molecule has 0 fully saturated rings. The van der Waals surface area contributed by atoms with Crippen LogP contribution in [0.5, 0.6) is 5.75 Å². The molecule has 4 aromatic carbocycles. The first-order valence-electron chi connectivity index (χ1n) is 15.0. The summed E-state index contributed by atoms with van der Waals surface area (Å²) >= 11 is 0. The van der Waals surface area contributed by atoms with Gasteiger partial charge in [0.15, 0.2) is 0 Å². The third-order valence-corrected chi connectivity index (χ3v) is 7.90. The zero-order chi connectivity index (χ0) is 32.6. The number of nitrogens with one attached hydrogen (secondary N) is 1. The van der Waals surface area contributed by atoms with Crippen LogP contribution in [0, 0.1) is 0 Å². The Bertz CT molecular complexity index is 1470. The van der Waals surface area contributed by atoms with E-state index in [1.165, 1.54) is 4.90 Å². The molecule has 0 heterocycles. The van der Waals surface area contributed by atoms with E-state index in [0.717, 1.165) is 27.2 Å². The molecule has 0 aliphatic carbocycles. The Kier molecular flexibility index (Phi) is 10.3. The van der Waals surface area contributed by atoms with Crippen LogP contribution in [-0.4, -0.2) is 63.1 Å². The Morgan fingerprint density at radius 1 is 0.733 bits per heavy atom. The molecule has 0 aliphatic rings. The van der Waals surface area contributed by atoms with Gasteiger partial charge in [0.25, 0.3) is 0 Å².